The highest BCUT2D eigenvalue weighted by molar-refractivity contribution is 5.80. The van der Waals surface area contributed by atoms with Gasteiger partial charge in [0.1, 0.15) is 11.3 Å². The molecule has 1 atom stereocenters. The summed E-state index contributed by atoms with van der Waals surface area (Å²) in [4.78, 5) is 11.3. The number of hydrogen-bond acceptors (Lipinski definition) is 4. The molecule has 1 aromatic carbocycles. The number of carboxylic acid groups (broad SMARTS) is 1. The molecule has 0 bridgehead atoms. The van der Waals surface area contributed by atoms with Crippen LogP contribution in [0.4, 0.5) is 0 Å². The zero-order chi connectivity index (χ0) is 12.9. The molecule has 0 saturated heterocycles. The molecule has 5 heteroatoms. The Balaban J connectivity index is 3.00. The molecule has 0 aliphatic heterocycles. The Morgan fingerprint density at radius 3 is 2.47 bits per heavy atom. The number of nitrogens with one attached hydrogen (secondary N) is 1. The van der Waals surface area contributed by atoms with E-state index in [1.54, 1.807) is 38.3 Å². The van der Waals surface area contributed by atoms with Crippen molar-refractivity contribution in [2.45, 2.75) is 12.5 Å². The monoisotopic (exact) mass is 238 g/mol. The van der Waals surface area contributed by atoms with Crippen molar-refractivity contribution in [2.75, 3.05) is 20.2 Å². The van der Waals surface area contributed by atoms with E-state index < -0.39 is 11.5 Å². The molecule has 5 nitrogen and oxygen atoms in total. The molecule has 17 heavy (non-hydrogen) atoms. The third kappa shape index (κ3) is 2.95. The summed E-state index contributed by atoms with van der Waals surface area (Å²) >= 11 is 0. The maximum Gasteiger partial charge on any atom is 0.328 e. The van der Waals surface area contributed by atoms with Crippen LogP contribution in [-0.4, -0.2) is 31.3 Å². The standard InChI is InChI=1S/C12H18N2O3/c1-12(11(15)16,14-8-7-13)9-3-5-10(17-2)6-4-9/h3-6,14H,7-8,13H2,1-2H3,(H,15,16). The number of hydrogen-bond donors (Lipinski definition) is 3. The van der Waals surface area contributed by atoms with Crippen molar-refractivity contribution in [2.24, 2.45) is 5.73 Å². The van der Waals surface area contributed by atoms with Crippen molar-refractivity contribution in [1.82, 2.24) is 5.32 Å². The maximum absolute atomic E-state index is 11.3. The average molecular weight is 238 g/mol. The van der Waals surface area contributed by atoms with Crippen LogP contribution in [0.5, 0.6) is 5.75 Å². The highest BCUT2D eigenvalue weighted by Gasteiger charge is 2.34. The third-order valence-electron chi connectivity index (χ3n) is 2.72. The number of aliphatic carboxylic acids is 1. The van der Waals surface area contributed by atoms with Crippen LogP contribution in [0.15, 0.2) is 24.3 Å². The molecule has 1 rings (SSSR count). The normalized spacial score (nSPS) is 14.1. The average Bonchev–Trinajstić information content (AvgIpc) is 2.35. The van der Waals surface area contributed by atoms with Crippen molar-refractivity contribution in [1.29, 1.82) is 0 Å². The minimum Gasteiger partial charge on any atom is -0.497 e. The molecule has 0 aromatic heterocycles. The second-order valence-electron chi connectivity index (χ2n) is 3.87. The number of rotatable bonds is 6. The predicted molar refractivity (Wildman–Crippen MR) is 65.0 cm³/mol. The van der Waals surface area contributed by atoms with Gasteiger partial charge in [-0.2, -0.15) is 0 Å². The quantitative estimate of drug-likeness (QED) is 0.673. The van der Waals surface area contributed by atoms with E-state index in [9.17, 15) is 9.90 Å². The van der Waals surface area contributed by atoms with E-state index >= 15 is 0 Å². The molecular weight excluding hydrogens is 220 g/mol. The summed E-state index contributed by atoms with van der Waals surface area (Å²) in [6.07, 6.45) is 0. The van der Waals surface area contributed by atoms with Crippen molar-refractivity contribution in [3.05, 3.63) is 29.8 Å². The number of carboxylic acids is 1. The summed E-state index contributed by atoms with van der Waals surface area (Å²) < 4.78 is 5.04. The number of ether oxygens (including phenoxy) is 1. The SMILES string of the molecule is COc1ccc(C(C)(NCCN)C(=O)O)cc1. The van der Waals surface area contributed by atoms with Crippen LogP contribution in [0.3, 0.4) is 0 Å². The van der Waals surface area contributed by atoms with Gasteiger partial charge in [0.05, 0.1) is 7.11 Å². The van der Waals surface area contributed by atoms with Crippen molar-refractivity contribution in [3.63, 3.8) is 0 Å². The van der Waals surface area contributed by atoms with E-state index in [4.69, 9.17) is 10.5 Å². The van der Waals surface area contributed by atoms with Crippen molar-refractivity contribution < 1.29 is 14.6 Å². The molecule has 1 unspecified atom stereocenters. The summed E-state index contributed by atoms with van der Waals surface area (Å²) in [5.74, 6) is -0.239. The lowest BCUT2D eigenvalue weighted by Crippen LogP contribution is -2.48. The molecule has 94 valence electrons. The Labute approximate surface area is 101 Å². The summed E-state index contributed by atoms with van der Waals surface area (Å²) in [6.45, 7) is 2.45. The fraction of sp³-hybridized carbons (Fsp3) is 0.417. The highest BCUT2D eigenvalue weighted by Crippen LogP contribution is 2.23. The zero-order valence-corrected chi connectivity index (χ0v) is 10.1. The largest absolute Gasteiger partial charge is 0.497 e. The van der Waals surface area contributed by atoms with E-state index in [2.05, 4.69) is 5.32 Å². The maximum atomic E-state index is 11.3. The lowest BCUT2D eigenvalue weighted by Gasteiger charge is -2.26. The Kier molecular flexibility index (Phi) is 4.48. The molecule has 4 N–H and O–H groups in total. The zero-order valence-electron chi connectivity index (χ0n) is 10.1. The number of carbonyl (C=O) groups is 1. The van der Waals surface area contributed by atoms with E-state index in [0.29, 0.717) is 24.4 Å². The smallest absolute Gasteiger partial charge is 0.328 e. The Morgan fingerprint density at radius 2 is 2.06 bits per heavy atom. The Bertz CT molecular complexity index is 378. The van der Waals surface area contributed by atoms with Crippen molar-refractivity contribution >= 4 is 5.97 Å². The number of methoxy groups -OCH3 is 1. The van der Waals surface area contributed by atoms with Crippen LogP contribution in [0.2, 0.25) is 0 Å². The predicted octanol–water partition coefficient (Wildman–Crippen LogP) is 0.543. The summed E-state index contributed by atoms with van der Waals surface area (Å²) in [5, 5.41) is 12.2. The molecule has 0 saturated carbocycles. The van der Waals surface area contributed by atoms with Gasteiger partial charge < -0.3 is 15.6 Å². The van der Waals surface area contributed by atoms with Gasteiger partial charge in [0.15, 0.2) is 0 Å². The molecule has 0 heterocycles. The fourth-order valence-corrected chi connectivity index (χ4v) is 1.55. The van der Waals surface area contributed by atoms with Crippen molar-refractivity contribution in [3.8, 4) is 5.75 Å². The molecule has 1 aromatic rings. The van der Waals surface area contributed by atoms with Crippen LogP contribution in [-0.2, 0) is 10.3 Å². The lowest BCUT2D eigenvalue weighted by atomic mass is 9.92. The molecule has 0 fully saturated rings. The first-order chi connectivity index (χ1) is 8.04. The Hall–Kier alpha value is -1.59. The first-order valence-electron chi connectivity index (χ1n) is 5.37. The molecular formula is C12H18N2O3. The molecule has 0 amide bonds. The van der Waals surface area contributed by atoms with Crippen LogP contribution in [0.1, 0.15) is 12.5 Å². The van der Waals surface area contributed by atoms with Crippen LogP contribution >= 0.6 is 0 Å². The van der Waals surface area contributed by atoms with E-state index in [-0.39, 0.29) is 0 Å². The second-order valence-corrected chi connectivity index (χ2v) is 3.87. The van der Waals surface area contributed by atoms with Crippen LogP contribution in [0, 0.1) is 0 Å². The molecule has 0 aliphatic rings. The van der Waals surface area contributed by atoms with Gasteiger partial charge in [-0.25, -0.2) is 4.79 Å². The van der Waals surface area contributed by atoms with Gasteiger partial charge in [0.25, 0.3) is 0 Å². The number of nitrogens with two attached hydrogens (primary N) is 1. The van der Waals surface area contributed by atoms with Crippen LogP contribution < -0.4 is 15.8 Å². The molecule has 0 aliphatic carbocycles. The van der Waals surface area contributed by atoms with Gasteiger partial charge in [0, 0.05) is 13.1 Å². The van der Waals surface area contributed by atoms with E-state index in [1.165, 1.54) is 0 Å². The minimum absolute atomic E-state index is 0.388. The van der Waals surface area contributed by atoms with Gasteiger partial charge >= 0.3 is 5.97 Å². The first-order valence-corrected chi connectivity index (χ1v) is 5.37. The van der Waals surface area contributed by atoms with Gasteiger partial charge in [0.2, 0.25) is 0 Å². The molecule has 0 radical (unpaired) electrons. The fourth-order valence-electron chi connectivity index (χ4n) is 1.55. The number of benzene rings is 1. The summed E-state index contributed by atoms with van der Waals surface area (Å²) in [5.41, 5.74) is 4.92. The Morgan fingerprint density at radius 1 is 1.47 bits per heavy atom. The second kappa shape index (κ2) is 5.65. The first kappa shape index (κ1) is 13.5. The van der Waals surface area contributed by atoms with E-state index in [1.807, 2.05) is 0 Å². The summed E-state index contributed by atoms with van der Waals surface area (Å²) in [7, 11) is 1.57. The highest BCUT2D eigenvalue weighted by atomic mass is 16.5. The topological polar surface area (TPSA) is 84.6 Å². The summed E-state index contributed by atoms with van der Waals surface area (Å²) in [6, 6.07) is 6.94. The van der Waals surface area contributed by atoms with Crippen LogP contribution in [0.25, 0.3) is 0 Å². The third-order valence-corrected chi connectivity index (χ3v) is 2.72. The van der Waals surface area contributed by atoms with Gasteiger partial charge in [-0.05, 0) is 24.6 Å². The minimum atomic E-state index is -1.13. The van der Waals surface area contributed by atoms with Gasteiger partial charge in [-0.15, -0.1) is 0 Å². The molecule has 0 spiro atoms. The lowest BCUT2D eigenvalue weighted by molar-refractivity contribution is -0.144. The van der Waals surface area contributed by atoms with Gasteiger partial charge in [-0.1, -0.05) is 12.1 Å². The van der Waals surface area contributed by atoms with E-state index in [0.717, 1.165) is 0 Å². The van der Waals surface area contributed by atoms with Gasteiger partial charge in [-0.3, -0.25) is 5.32 Å².